The molecule has 124 valence electrons. The number of nitrogens with one attached hydrogen (secondary N) is 2. The fourth-order valence-corrected chi connectivity index (χ4v) is 2.91. The van der Waals surface area contributed by atoms with E-state index in [0.717, 1.165) is 0 Å². The van der Waals surface area contributed by atoms with Crippen LogP contribution in [0.1, 0.15) is 0 Å². The number of aromatic nitrogens is 6. The molecule has 0 amide bonds. The number of H-pyrrole nitrogens is 1. The smallest absolute Gasteiger partial charge is 0.183 e. The van der Waals surface area contributed by atoms with Crippen LogP contribution in [0.4, 0.5) is 17.3 Å². The maximum absolute atomic E-state index is 6.25. The Morgan fingerprint density at radius 3 is 2.60 bits per heavy atom. The second-order valence-corrected chi connectivity index (χ2v) is 5.86. The van der Waals surface area contributed by atoms with E-state index in [1.54, 1.807) is 24.4 Å². The van der Waals surface area contributed by atoms with Crippen molar-refractivity contribution in [3.8, 4) is 11.4 Å². The third-order valence-corrected chi connectivity index (χ3v) is 4.11. The SMILES string of the molecule is Nc1ncncc1Nc1ncnc2nc(-c3c(Cl)cccc3Cl)[nH]c12. The first-order chi connectivity index (χ1) is 12.1. The van der Waals surface area contributed by atoms with Gasteiger partial charge in [0, 0.05) is 0 Å². The van der Waals surface area contributed by atoms with E-state index in [9.17, 15) is 0 Å². The molecule has 4 aromatic rings. The summed E-state index contributed by atoms with van der Waals surface area (Å²) in [5.74, 6) is 1.27. The molecule has 0 radical (unpaired) electrons. The second-order valence-electron chi connectivity index (χ2n) is 5.05. The highest BCUT2D eigenvalue weighted by atomic mass is 35.5. The number of hydrogen-bond acceptors (Lipinski definition) is 7. The minimum atomic E-state index is 0.302. The predicted octanol–water partition coefficient (Wildman–Crippen LogP) is 3.44. The van der Waals surface area contributed by atoms with E-state index in [1.165, 1.54) is 12.7 Å². The minimum absolute atomic E-state index is 0.302. The fourth-order valence-electron chi connectivity index (χ4n) is 2.33. The standard InChI is InChI=1S/C15H10Cl2N8/c16-7-2-1-3-8(17)10(7)13-24-11-14(21-6-22-15(11)25-13)23-9-4-19-5-20-12(9)18/h1-6H,(H2,18,19,20)(H2,21,22,23,24,25). The quantitative estimate of drug-likeness (QED) is 0.503. The Kier molecular flexibility index (Phi) is 3.83. The van der Waals surface area contributed by atoms with Crippen molar-refractivity contribution in [2.45, 2.75) is 0 Å². The molecule has 4 rings (SSSR count). The van der Waals surface area contributed by atoms with Crippen LogP contribution in [0.2, 0.25) is 10.0 Å². The second kappa shape index (κ2) is 6.15. The molecule has 0 saturated heterocycles. The molecule has 8 nitrogen and oxygen atoms in total. The van der Waals surface area contributed by atoms with E-state index in [1.807, 2.05) is 0 Å². The van der Waals surface area contributed by atoms with Gasteiger partial charge in [0.25, 0.3) is 0 Å². The van der Waals surface area contributed by atoms with E-state index in [-0.39, 0.29) is 0 Å². The van der Waals surface area contributed by atoms with Crippen LogP contribution < -0.4 is 11.1 Å². The highest BCUT2D eigenvalue weighted by Gasteiger charge is 2.16. The Morgan fingerprint density at radius 1 is 1.04 bits per heavy atom. The lowest BCUT2D eigenvalue weighted by atomic mass is 10.2. The Morgan fingerprint density at radius 2 is 1.84 bits per heavy atom. The van der Waals surface area contributed by atoms with Crippen molar-refractivity contribution >= 4 is 51.7 Å². The van der Waals surface area contributed by atoms with E-state index in [4.69, 9.17) is 28.9 Å². The first-order valence-electron chi connectivity index (χ1n) is 7.11. The number of nitrogens with two attached hydrogens (primary N) is 1. The lowest BCUT2D eigenvalue weighted by Crippen LogP contribution is -2.01. The van der Waals surface area contributed by atoms with Crippen molar-refractivity contribution < 1.29 is 0 Å². The normalized spacial score (nSPS) is 11.0. The molecular formula is C15H10Cl2N8. The number of aromatic amines is 1. The van der Waals surface area contributed by atoms with Gasteiger partial charge in [0.05, 0.1) is 21.8 Å². The summed E-state index contributed by atoms with van der Waals surface area (Å²) in [6, 6.07) is 5.24. The lowest BCUT2D eigenvalue weighted by Gasteiger charge is -2.06. The topological polar surface area (TPSA) is 118 Å². The molecule has 0 atom stereocenters. The van der Waals surface area contributed by atoms with Crippen molar-refractivity contribution in [3.63, 3.8) is 0 Å². The van der Waals surface area contributed by atoms with E-state index < -0.39 is 0 Å². The van der Waals surface area contributed by atoms with Crippen molar-refractivity contribution in [1.82, 2.24) is 29.9 Å². The molecule has 0 spiro atoms. The molecule has 25 heavy (non-hydrogen) atoms. The number of anilines is 3. The maximum atomic E-state index is 6.25. The average molecular weight is 373 g/mol. The Labute approximate surface area is 151 Å². The third-order valence-electron chi connectivity index (χ3n) is 3.48. The summed E-state index contributed by atoms with van der Waals surface area (Å²) in [5, 5.41) is 4.03. The van der Waals surface area contributed by atoms with Crippen molar-refractivity contribution in [2.24, 2.45) is 0 Å². The van der Waals surface area contributed by atoms with Crippen molar-refractivity contribution in [2.75, 3.05) is 11.1 Å². The van der Waals surface area contributed by atoms with Gasteiger partial charge < -0.3 is 16.0 Å². The molecule has 0 fully saturated rings. The van der Waals surface area contributed by atoms with Gasteiger partial charge in [0.2, 0.25) is 0 Å². The first-order valence-corrected chi connectivity index (χ1v) is 7.86. The molecular weight excluding hydrogens is 363 g/mol. The zero-order valence-corrected chi connectivity index (χ0v) is 14.0. The maximum Gasteiger partial charge on any atom is 0.183 e. The molecule has 0 saturated carbocycles. The van der Waals surface area contributed by atoms with Crippen LogP contribution in [0.5, 0.6) is 0 Å². The van der Waals surface area contributed by atoms with Crippen LogP contribution in [0, 0.1) is 0 Å². The highest BCUT2D eigenvalue weighted by molar-refractivity contribution is 6.39. The zero-order chi connectivity index (χ0) is 17.4. The summed E-state index contributed by atoms with van der Waals surface area (Å²) in [7, 11) is 0. The molecule has 3 aromatic heterocycles. The Balaban J connectivity index is 1.83. The number of halogens is 2. The molecule has 0 bridgehead atoms. The minimum Gasteiger partial charge on any atom is -0.382 e. The highest BCUT2D eigenvalue weighted by Crippen LogP contribution is 2.34. The summed E-state index contributed by atoms with van der Waals surface area (Å²) in [4.78, 5) is 23.9. The van der Waals surface area contributed by atoms with Gasteiger partial charge >= 0.3 is 0 Å². The first kappa shape index (κ1) is 15.6. The van der Waals surface area contributed by atoms with Gasteiger partial charge in [0.1, 0.15) is 29.7 Å². The van der Waals surface area contributed by atoms with Gasteiger partial charge in [-0.15, -0.1) is 0 Å². The molecule has 4 N–H and O–H groups in total. The van der Waals surface area contributed by atoms with Crippen LogP contribution in [-0.2, 0) is 0 Å². The van der Waals surface area contributed by atoms with E-state index >= 15 is 0 Å². The number of hydrogen-bond donors (Lipinski definition) is 3. The Bertz CT molecular complexity index is 1060. The summed E-state index contributed by atoms with van der Waals surface area (Å²) < 4.78 is 0. The summed E-state index contributed by atoms with van der Waals surface area (Å²) in [5.41, 5.74) is 7.99. The number of imidazole rings is 1. The number of nitrogen functional groups attached to an aromatic ring is 1. The van der Waals surface area contributed by atoms with Crippen LogP contribution >= 0.6 is 23.2 Å². The van der Waals surface area contributed by atoms with Crippen LogP contribution in [-0.4, -0.2) is 29.9 Å². The van der Waals surface area contributed by atoms with Crippen LogP contribution in [0.3, 0.4) is 0 Å². The summed E-state index contributed by atoms with van der Waals surface area (Å²) in [6.07, 6.45) is 4.31. The van der Waals surface area contributed by atoms with Gasteiger partial charge in [-0.25, -0.2) is 24.9 Å². The molecule has 0 aliphatic carbocycles. The van der Waals surface area contributed by atoms with Gasteiger partial charge in [-0.1, -0.05) is 29.3 Å². The van der Waals surface area contributed by atoms with Crippen LogP contribution in [0.15, 0.2) is 37.1 Å². The van der Waals surface area contributed by atoms with Gasteiger partial charge in [-0.05, 0) is 12.1 Å². The van der Waals surface area contributed by atoms with Crippen molar-refractivity contribution in [3.05, 3.63) is 47.1 Å². The van der Waals surface area contributed by atoms with Gasteiger partial charge in [-0.2, -0.15) is 0 Å². The zero-order valence-electron chi connectivity index (χ0n) is 12.5. The summed E-state index contributed by atoms with van der Waals surface area (Å²) in [6.45, 7) is 0. The van der Waals surface area contributed by atoms with E-state index in [0.29, 0.717) is 49.9 Å². The number of rotatable bonds is 3. The predicted molar refractivity (Wildman–Crippen MR) is 96.9 cm³/mol. The largest absolute Gasteiger partial charge is 0.382 e. The summed E-state index contributed by atoms with van der Waals surface area (Å²) >= 11 is 12.5. The molecule has 0 aliphatic rings. The van der Waals surface area contributed by atoms with Crippen molar-refractivity contribution in [1.29, 1.82) is 0 Å². The number of benzene rings is 1. The molecule has 10 heteroatoms. The fraction of sp³-hybridized carbons (Fsp3) is 0. The molecule has 0 unspecified atom stereocenters. The molecule has 0 aliphatic heterocycles. The molecule has 3 heterocycles. The number of fused-ring (bicyclic) bond motifs is 1. The Hall–Kier alpha value is -2.97. The molecule has 1 aromatic carbocycles. The van der Waals surface area contributed by atoms with Crippen LogP contribution in [0.25, 0.3) is 22.6 Å². The third kappa shape index (κ3) is 2.81. The number of nitrogens with zero attached hydrogens (tertiary/aromatic N) is 5. The van der Waals surface area contributed by atoms with E-state index in [2.05, 4.69) is 35.2 Å². The monoisotopic (exact) mass is 372 g/mol. The van der Waals surface area contributed by atoms with Gasteiger partial charge in [0.15, 0.2) is 17.3 Å². The van der Waals surface area contributed by atoms with Gasteiger partial charge in [-0.3, -0.25) is 0 Å². The lowest BCUT2D eigenvalue weighted by molar-refractivity contribution is 1.16. The average Bonchev–Trinajstić information content (AvgIpc) is 3.01.